The summed E-state index contributed by atoms with van der Waals surface area (Å²) in [5, 5.41) is 9.45. The van der Waals surface area contributed by atoms with E-state index in [0.717, 1.165) is 18.6 Å². The molecule has 7 nitrogen and oxygen atoms in total. The molecule has 0 radical (unpaired) electrons. The van der Waals surface area contributed by atoms with Crippen molar-refractivity contribution in [2.45, 2.75) is 43.6 Å². The number of hydrogen-bond donors (Lipinski definition) is 2. The molecular weight excluding hydrogens is 328 g/mol. The highest BCUT2D eigenvalue weighted by Crippen LogP contribution is 2.22. The van der Waals surface area contributed by atoms with E-state index in [1.807, 2.05) is 0 Å². The summed E-state index contributed by atoms with van der Waals surface area (Å²) in [6, 6.07) is 7.12. The van der Waals surface area contributed by atoms with Crippen LogP contribution in [0.1, 0.15) is 26.7 Å². The quantitative estimate of drug-likeness (QED) is 0.714. The summed E-state index contributed by atoms with van der Waals surface area (Å²) in [4.78, 5) is 24.1. The average molecular weight is 350 g/mol. The first-order valence-electron chi connectivity index (χ1n) is 7.82. The van der Waals surface area contributed by atoms with Crippen molar-refractivity contribution in [1.29, 1.82) is 0 Å². The molecule has 0 aliphatic heterocycles. The van der Waals surface area contributed by atoms with Gasteiger partial charge in [0.1, 0.15) is 5.75 Å². The van der Waals surface area contributed by atoms with Crippen LogP contribution in [0.3, 0.4) is 0 Å². The van der Waals surface area contributed by atoms with Crippen LogP contribution in [0.25, 0.3) is 0 Å². The Morgan fingerprint density at radius 1 is 1.42 bits per heavy atom. The number of carbonyl (C=O) groups is 1. The Kier molecular flexibility index (Phi) is 6.48. The third kappa shape index (κ3) is 4.64. The summed E-state index contributed by atoms with van der Waals surface area (Å²) in [6.45, 7) is 4.44. The number of methoxy groups -OCH3 is 1. The first-order valence-corrected chi connectivity index (χ1v) is 8.70. The normalized spacial score (nSPS) is 12.0. The van der Waals surface area contributed by atoms with E-state index in [1.165, 1.54) is 11.8 Å². The lowest BCUT2D eigenvalue weighted by molar-refractivity contribution is -0.115. The third-order valence-electron chi connectivity index (χ3n) is 3.47. The van der Waals surface area contributed by atoms with Crippen LogP contribution in [0, 0.1) is 0 Å². The second-order valence-electron chi connectivity index (χ2n) is 5.29. The fraction of sp³-hybridized carbons (Fsp3) is 0.438. The van der Waals surface area contributed by atoms with Crippen LogP contribution < -0.4 is 15.7 Å². The third-order valence-corrected chi connectivity index (χ3v) is 4.56. The van der Waals surface area contributed by atoms with Crippen LogP contribution in [0.4, 0.5) is 5.69 Å². The topological polar surface area (TPSA) is 89.0 Å². The molecule has 2 rings (SSSR count). The Morgan fingerprint density at radius 3 is 2.75 bits per heavy atom. The maximum atomic E-state index is 12.3. The molecule has 0 saturated heterocycles. The van der Waals surface area contributed by atoms with E-state index in [9.17, 15) is 9.59 Å². The second kappa shape index (κ2) is 8.58. The number of thioether (sulfide) groups is 1. The minimum absolute atomic E-state index is 0.150. The molecule has 2 N–H and O–H groups in total. The van der Waals surface area contributed by atoms with E-state index >= 15 is 0 Å². The van der Waals surface area contributed by atoms with Crippen LogP contribution in [0.2, 0.25) is 0 Å². The van der Waals surface area contributed by atoms with Crippen molar-refractivity contribution in [3.8, 4) is 5.75 Å². The molecule has 1 aromatic carbocycles. The molecule has 1 heterocycles. The Hall–Kier alpha value is -2.22. The number of aromatic amines is 1. The van der Waals surface area contributed by atoms with Crippen molar-refractivity contribution in [2.75, 3.05) is 12.4 Å². The minimum Gasteiger partial charge on any atom is -0.497 e. The number of H-pyrrole nitrogens is 1. The molecule has 2 aromatic rings. The predicted molar refractivity (Wildman–Crippen MR) is 94.7 cm³/mol. The molecule has 0 spiro atoms. The minimum atomic E-state index is -0.386. The highest BCUT2D eigenvalue weighted by atomic mass is 32.2. The lowest BCUT2D eigenvalue weighted by Gasteiger charge is -2.12. The monoisotopic (exact) mass is 350 g/mol. The van der Waals surface area contributed by atoms with E-state index in [2.05, 4.69) is 22.4 Å². The van der Waals surface area contributed by atoms with Gasteiger partial charge in [0.05, 0.1) is 12.4 Å². The molecular formula is C16H22N4O3S. The Morgan fingerprint density at radius 2 is 2.12 bits per heavy atom. The maximum Gasteiger partial charge on any atom is 0.343 e. The second-order valence-corrected chi connectivity index (χ2v) is 6.60. The van der Waals surface area contributed by atoms with Gasteiger partial charge in [0, 0.05) is 12.2 Å². The molecule has 0 fully saturated rings. The van der Waals surface area contributed by atoms with Gasteiger partial charge in [0.15, 0.2) is 5.16 Å². The average Bonchev–Trinajstić information content (AvgIpc) is 2.93. The molecule has 1 unspecified atom stereocenters. The van der Waals surface area contributed by atoms with Crippen molar-refractivity contribution < 1.29 is 9.53 Å². The van der Waals surface area contributed by atoms with Crippen molar-refractivity contribution >= 4 is 23.4 Å². The Bertz CT molecular complexity index is 724. The summed E-state index contributed by atoms with van der Waals surface area (Å²) in [5.41, 5.74) is 0.451. The van der Waals surface area contributed by atoms with E-state index in [0.29, 0.717) is 17.4 Å². The van der Waals surface area contributed by atoms with Crippen molar-refractivity contribution in [2.24, 2.45) is 0 Å². The first-order chi connectivity index (χ1) is 11.5. The summed E-state index contributed by atoms with van der Waals surface area (Å²) >= 11 is 1.26. The van der Waals surface area contributed by atoms with Crippen molar-refractivity contribution in [1.82, 2.24) is 14.8 Å². The predicted octanol–water partition coefficient (Wildman–Crippen LogP) is 2.50. The summed E-state index contributed by atoms with van der Waals surface area (Å²) in [7, 11) is 1.59. The zero-order valence-electron chi connectivity index (χ0n) is 14.0. The fourth-order valence-corrected chi connectivity index (χ4v) is 2.92. The highest BCUT2D eigenvalue weighted by molar-refractivity contribution is 8.00. The molecule has 8 heteroatoms. The highest BCUT2D eigenvalue weighted by Gasteiger charge is 2.19. The molecule has 1 aromatic heterocycles. The lowest BCUT2D eigenvalue weighted by Crippen LogP contribution is -2.24. The van der Waals surface area contributed by atoms with Crippen LogP contribution in [0.5, 0.6) is 5.75 Å². The van der Waals surface area contributed by atoms with E-state index in [-0.39, 0.29) is 16.8 Å². The number of nitrogens with zero attached hydrogens (tertiary/aromatic N) is 2. The van der Waals surface area contributed by atoms with Gasteiger partial charge in [-0.05, 0) is 37.6 Å². The zero-order chi connectivity index (χ0) is 17.5. The summed E-state index contributed by atoms with van der Waals surface area (Å²) < 4.78 is 6.66. The zero-order valence-corrected chi connectivity index (χ0v) is 14.9. The van der Waals surface area contributed by atoms with Gasteiger partial charge < -0.3 is 10.1 Å². The lowest BCUT2D eigenvalue weighted by atomic mass is 10.3. The summed E-state index contributed by atoms with van der Waals surface area (Å²) in [5.74, 6) is 0.578. The molecule has 24 heavy (non-hydrogen) atoms. The maximum absolute atomic E-state index is 12.3. The number of benzene rings is 1. The molecule has 130 valence electrons. The first kappa shape index (κ1) is 18.1. The van der Waals surface area contributed by atoms with Crippen LogP contribution in [-0.4, -0.2) is 33.0 Å². The van der Waals surface area contributed by atoms with Crippen LogP contribution in [-0.2, 0) is 11.3 Å². The van der Waals surface area contributed by atoms with Crippen LogP contribution in [0.15, 0.2) is 34.2 Å². The van der Waals surface area contributed by atoms with Gasteiger partial charge in [-0.2, -0.15) is 0 Å². The Balaban J connectivity index is 1.99. The molecule has 1 amide bonds. The standard InChI is InChI=1S/C16H22N4O3S/c1-4-5-10-20-15(22)18-19-16(20)24-11(2)14(21)17-12-6-8-13(23-3)9-7-12/h6-9,11H,4-5,10H2,1-3H3,(H,17,21)(H,18,22). The van der Waals surface area contributed by atoms with E-state index in [4.69, 9.17) is 4.74 Å². The molecule has 1 atom stereocenters. The number of unbranched alkanes of at least 4 members (excludes halogenated alkanes) is 1. The number of aromatic nitrogens is 3. The fourth-order valence-electron chi connectivity index (χ4n) is 2.04. The number of nitrogens with one attached hydrogen (secondary N) is 2. The van der Waals surface area contributed by atoms with Crippen molar-refractivity contribution in [3.63, 3.8) is 0 Å². The Labute approximate surface area is 144 Å². The van der Waals surface area contributed by atoms with E-state index < -0.39 is 0 Å². The molecule has 0 aliphatic carbocycles. The number of rotatable bonds is 8. The smallest absolute Gasteiger partial charge is 0.343 e. The number of ether oxygens (including phenoxy) is 1. The number of amides is 1. The largest absolute Gasteiger partial charge is 0.497 e. The van der Waals surface area contributed by atoms with Gasteiger partial charge in [-0.25, -0.2) is 9.89 Å². The van der Waals surface area contributed by atoms with Crippen LogP contribution >= 0.6 is 11.8 Å². The number of carbonyl (C=O) groups excluding carboxylic acids is 1. The van der Waals surface area contributed by atoms with Gasteiger partial charge >= 0.3 is 5.69 Å². The summed E-state index contributed by atoms with van der Waals surface area (Å²) in [6.07, 6.45) is 1.87. The number of hydrogen-bond acceptors (Lipinski definition) is 5. The molecule has 0 bridgehead atoms. The number of anilines is 1. The molecule has 0 saturated carbocycles. The van der Waals surface area contributed by atoms with Gasteiger partial charge in [-0.1, -0.05) is 25.1 Å². The van der Waals surface area contributed by atoms with E-state index in [1.54, 1.807) is 42.9 Å². The van der Waals surface area contributed by atoms with Crippen molar-refractivity contribution in [3.05, 3.63) is 34.7 Å². The SMILES string of the molecule is CCCCn1c(SC(C)C(=O)Nc2ccc(OC)cc2)n[nH]c1=O. The van der Waals surface area contributed by atoms with Gasteiger partial charge in [0.25, 0.3) is 0 Å². The van der Waals surface area contributed by atoms with Gasteiger partial charge in [-0.3, -0.25) is 9.36 Å². The van der Waals surface area contributed by atoms with Gasteiger partial charge in [0.2, 0.25) is 5.91 Å². The van der Waals surface area contributed by atoms with Gasteiger partial charge in [-0.15, -0.1) is 5.10 Å². The molecule has 0 aliphatic rings.